The minimum absolute atomic E-state index is 0.183. The Morgan fingerprint density at radius 2 is 2.04 bits per heavy atom. The van der Waals surface area contributed by atoms with E-state index < -0.39 is 0 Å². The van der Waals surface area contributed by atoms with Gasteiger partial charge in [0.15, 0.2) is 17.3 Å². The number of methoxy groups -OCH3 is 1. The lowest BCUT2D eigenvalue weighted by Gasteiger charge is -2.11. The van der Waals surface area contributed by atoms with Crippen molar-refractivity contribution >= 4 is 21.7 Å². The van der Waals surface area contributed by atoms with E-state index in [4.69, 9.17) is 9.47 Å². The van der Waals surface area contributed by atoms with E-state index in [9.17, 15) is 4.79 Å². The van der Waals surface area contributed by atoms with Gasteiger partial charge in [-0.15, -0.1) is 0 Å². The molecule has 0 aliphatic rings. The molecule has 0 saturated carbocycles. The lowest BCUT2D eigenvalue weighted by Crippen LogP contribution is -2.01. The average Bonchev–Trinajstić information content (AvgIpc) is 2.60. The second-order valence-electron chi connectivity index (χ2n) is 5.74. The smallest absolute Gasteiger partial charge is 0.161 e. The number of benzene rings is 1. The second kappa shape index (κ2) is 13.1. The van der Waals surface area contributed by atoms with Crippen LogP contribution in [0.1, 0.15) is 51.0 Å². The Kier molecular flexibility index (Phi) is 11.3. The molecule has 24 heavy (non-hydrogen) atoms. The summed E-state index contributed by atoms with van der Waals surface area (Å²) in [5.41, 5.74) is 1.09. The Hall–Kier alpha value is -1.29. The van der Waals surface area contributed by atoms with Crippen LogP contribution in [0.4, 0.5) is 0 Å². The number of halogens is 1. The summed E-state index contributed by atoms with van der Waals surface area (Å²) in [6.07, 6.45) is 10.5. The largest absolute Gasteiger partial charge is 0.493 e. The summed E-state index contributed by atoms with van der Waals surface area (Å²) < 4.78 is 11.1. The fourth-order valence-corrected chi connectivity index (χ4v) is 2.53. The molecule has 1 aromatic rings. The molecule has 4 heteroatoms. The first-order chi connectivity index (χ1) is 11.7. The van der Waals surface area contributed by atoms with E-state index in [1.165, 1.54) is 12.8 Å². The predicted octanol–water partition coefficient (Wildman–Crippen LogP) is 5.50. The molecule has 0 radical (unpaired) electrons. The first kappa shape index (κ1) is 20.8. The third-order valence-electron chi connectivity index (χ3n) is 3.70. The molecule has 0 aliphatic carbocycles. The van der Waals surface area contributed by atoms with Crippen LogP contribution >= 0.6 is 15.9 Å². The molecule has 0 aromatic heterocycles. The van der Waals surface area contributed by atoms with E-state index in [-0.39, 0.29) is 5.78 Å². The number of allylic oxidation sites excluding steroid dienone is 2. The van der Waals surface area contributed by atoms with Gasteiger partial charge in [-0.3, -0.25) is 4.79 Å². The third-order valence-corrected chi connectivity index (χ3v) is 4.26. The first-order valence-electron chi connectivity index (χ1n) is 8.76. The van der Waals surface area contributed by atoms with Crippen LogP contribution in [0.3, 0.4) is 0 Å². The summed E-state index contributed by atoms with van der Waals surface area (Å²) in [5, 5.41) is 0.918. The maximum absolute atomic E-state index is 11.9. The molecule has 1 aromatic carbocycles. The lowest BCUT2D eigenvalue weighted by molar-refractivity contribution is -0.114. The number of aryl methyl sites for hydroxylation is 1. The second-order valence-corrected chi connectivity index (χ2v) is 6.53. The molecule has 0 unspecified atom stereocenters. The number of rotatable bonds is 13. The van der Waals surface area contributed by atoms with Gasteiger partial charge in [0.05, 0.1) is 13.7 Å². The zero-order valence-electron chi connectivity index (χ0n) is 14.9. The Bertz CT molecular complexity index is 512. The van der Waals surface area contributed by atoms with Gasteiger partial charge in [0, 0.05) is 11.8 Å². The number of carbonyl (C=O) groups excluding carboxylic acids is 1. The molecule has 0 N–H and O–H groups in total. The molecular weight excluding hydrogens is 368 g/mol. The van der Waals surface area contributed by atoms with Crippen molar-refractivity contribution in [2.75, 3.05) is 19.0 Å². The van der Waals surface area contributed by atoms with E-state index in [2.05, 4.69) is 22.9 Å². The number of hydrogen-bond donors (Lipinski definition) is 0. The van der Waals surface area contributed by atoms with Crippen molar-refractivity contribution in [1.29, 1.82) is 0 Å². The quantitative estimate of drug-likeness (QED) is 0.251. The van der Waals surface area contributed by atoms with Gasteiger partial charge in [0.25, 0.3) is 0 Å². The Morgan fingerprint density at radius 3 is 2.75 bits per heavy atom. The topological polar surface area (TPSA) is 35.5 Å². The summed E-state index contributed by atoms with van der Waals surface area (Å²) >= 11 is 3.39. The molecular formula is C20H29BrO3. The molecule has 0 spiro atoms. The molecule has 0 bridgehead atoms. The minimum atomic E-state index is 0.183. The van der Waals surface area contributed by atoms with E-state index in [1.807, 2.05) is 24.3 Å². The van der Waals surface area contributed by atoms with Gasteiger partial charge in [0.1, 0.15) is 0 Å². The predicted molar refractivity (Wildman–Crippen MR) is 104 cm³/mol. The van der Waals surface area contributed by atoms with Gasteiger partial charge in [0.2, 0.25) is 0 Å². The molecule has 0 heterocycles. The van der Waals surface area contributed by atoms with Crippen LogP contribution < -0.4 is 9.47 Å². The zero-order chi connectivity index (χ0) is 17.6. The summed E-state index contributed by atoms with van der Waals surface area (Å²) in [7, 11) is 1.64. The number of ether oxygens (including phenoxy) is 2. The maximum atomic E-state index is 11.9. The van der Waals surface area contributed by atoms with Crippen LogP contribution in [-0.2, 0) is 11.2 Å². The molecule has 0 aliphatic heterocycles. The van der Waals surface area contributed by atoms with Crippen molar-refractivity contribution in [3.8, 4) is 11.5 Å². The summed E-state index contributed by atoms with van der Waals surface area (Å²) in [5.74, 6) is 1.66. The molecule has 0 atom stereocenters. The normalized spacial score (nSPS) is 11.0. The third kappa shape index (κ3) is 8.53. The first-order valence-corrected chi connectivity index (χ1v) is 9.88. The SMILES string of the molecule is CCCCC/C=C/C(=O)CCc1ccc(OCCCBr)c(OC)c1. The van der Waals surface area contributed by atoms with Crippen LogP contribution in [-0.4, -0.2) is 24.8 Å². The van der Waals surface area contributed by atoms with Gasteiger partial charge in [-0.05, 0) is 49.5 Å². The van der Waals surface area contributed by atoms with Crippen molar-refractivity contribution in [2.45, 2.75) is 51.9 Å². The van der Waals surface area contributed by atoms with Crippen molar-refractivity contribution in [3.63, 3.8) is 0 Å². The highest BCUT2D eigenvalue weighted by Crippen LogP contribution is 2.28. The van der Waals surface area contributed by atoms with Crippen LogP contribution in [0.5, 0.6) is 11.5 Å². The van der Waals surface area contributed by atoms with Gasteiger partial charge in [-0.1, -0.05) is 47.8 Å². The zero-order valence-corrected chi connectivity index (χ0v) is 16.4. The van der Waals surface area contributed by atoms with E-state index in [1.54, 1.807) is 13.2 Å². The minimum Gasteiger partial charge on any atom is -0.493 e. The van der Waals surface area contributed by atoms with Crippen LogP contribution in [0.25, 0.3) is 0 Å². The van der Waals surface area contributed by atoms with Crippen molar-refractivity contribution < 1.29 is 14.3 Å². The van der Waals surface area contributed by atoms with Gasteiger partial charge >= 0.3 is 0 Å². The number of ketones is 1. The summed E-state index contributed by atoms with van der Waals surface area (Å²) in [4.78, 5) is 11.9. The van der Waals surface area contributed by atoms with E-state index >= 15 is 0 Å². The Balaban J connectivity index is 2.45. The van der Waals surface area contributed by atoms with Crippen LogP contribution in [0.15, 0.2) is 30.4 Å². The van der Waals surface area contributed by atoms with Gasteiger partial charge in [-0.25, -0.2) is 0 Å². The highest BCUT2D eigenvalue weighted by Gasteiger charge is 2.07. The van der Waals surface area contributed by atoms with E-state index in [0.29, 0.717) is 13.0 Å². The molecule has 0 saturated heterocycles. The number of unbranched alkanes of at least 4 members (excludes halogenated alkanes) is 3. The van der Waals surface area contributed by atoms with Crippen molar-refractivity contribution in [1.82, 2.24) is 0 Å². The lowest BCUT2D eigenvalue weighted by atomic mass is 10.1. The molecule has 1 rings (SSSR count). The van der Waals surface area contributed by atoms with Crippen LogP contribution in [0.2, 0.25) is 0 Å². The molecule has 0 amide bonds. The van der Waals surface area contributed by atoms with E-state index in [0.717, 1.165) is 48.1 Å². The van der Waals surface area contributed by atoms with Gasteiger partial charge < -0.3 is 9.47 Å². The fraction of sp³-hybridized carbons (Fsp3) is 0.550. The standard InChI is InChI=1S/C20H29BrO3/c1-3-4-5-6-7-9-18(22)12-10-17-11-13-19(20(16-17)23-2)24-15-8-14-21/h7,9,11,13,16H,3-6,8,10,12,14-15H2,1-2H3/b9-7+. The highest BCUT2D eigenvalue weighted by molar-refractivity contribution is 9.09. The number of alkyl halides is 1. The highest BCUT2D eigenvalue weighted by atomic mass is 79.9. The monoisotopic (exact) mass is 396 g/mol. The van der Waals surface area contributed by atoms with Crippen LogP contribution in [0, 0.1) is 0 Å². The Morgan fingerprint density at radius 1 is 1.21 bits per heavy atom. The maximum Gasteiger partial charge on any atom is 0.161 e. The summed E-state index contributed by atoms with van der Waals surface area (Å²) in [6, 6.07) is 5.89. The summed E-state index contributed by atoms with van der Waals surface area (Å²) in [6.45, 7) is 2.84. The number of hydrogen-bond acceptors (Lipinski definition) is 3. The molecule has 0 fully saturated rings. The average molecular weight is 397 g/mol. The van der Waals surface area contributed by atoms with Crippen molar-refractivity contribution in [3.05, 3.63) is 35.9 Å². The van der Waals surface area contributed by atoms with Gasteiger partial charge in [-0.2, -0.15) is 0 Å². The fourth-order valence-electron chi connectivity index (χ4n) is 2.30. The molecule has 3 nitrogen and oxygen atoms in total. The number of carbonyl (C=O) groups is 1. The Labute approximate surface area is 154 Å². The van der Waals surface area contributed by atoms with Crippen molar-refractivity contribution in [2.24, 2.45) is 0 Å². The molecule has 134 valence electrons.